The van der Waals surface area contributed by atoms with Gasteiger partial charge in [-0.2, -0.15) is 0 Å². The number of methoxy groups -OCH3 is 1. The normalized spacial score (nSPS) is 14.5. The maximum atomic E-state index is 12.5. The van der Waals surface area contributed by atoms with Crippen LogP contribution in [0.5, 0.6) is 5.75 Å². The zero-order valence-electron chi connectivity index (χ0n) is 13.4. The number of hydrogen-bond acceptors (Lipinski definition) is 4. The molecule has 0 aromatic heterocycles. The van der Waals surface area contributed by atoms with E-state index in [1.54, 1.807) is 43.5 Å². The second-order valence-corrected chi connectivity index (χ2v) is 5.71. The molecule has 0 aliphatic heterocycles. The van der Waals surface area contributed by atoms with Crippen LogP contribution in [0.1, 0.15) is 34.9 Å². The van der Waals surface area contributed by atoms with E-state index >= 15 is 0 Å². The van der Waals surface area contributed by atoms with Crippen molar-refractivity contribution in [1.29, 1.82) is 0 Å². The van der Waals surface area contributed by atoms with E-state index in [2.05, 4.69) is 5.32 Å². The van der Waals surface area contributed by atoms with Gasteiger partial charge in [0.05, 0.1) is 12.7 Å². The predicted octanol–water partition coefficient (Wildman–Crippen LogP) is 2.87. The second-order valence-electron chi connectivity index (χ2n) is 5.71. The fourth-order valence-electron chi connectivity index (χ4n) is 2.31. The van der Waals surface area contributed by atoms with Gasteiger partial charge in [-0.15, -0.1) is 0 Å². The first-order chi connectivity index (χ1) is 11.7. The summed E-state index contributed by atoms with van der Waals surface area (Å²) in [7, 11) is 1.56. The van der Waals surface area contributed by atoms with E-state index in [1.807, 2.05) is 18.2 Å². The summed E-state index contributed by atoms with van der Waals surface area (Å²) in [6.45, 7) is 0. The van der Waals surface area contributed by atoms with Crippen LogP contribution in [0.15, 0.2) is 54.6 Å². The highest BCUT2D eigenvalue weighted by molar-refractivity contribution is 5.93. The Bertz CT molecular complexity index is 708. The van der Waals surface area contributed by atoms with Crippen LogP contribution in [0.3, 0.4) is 0 Å². The van der Waals surface area contributed by atoms with E-state index in [9.17, 15) is 9.59 Å². The lowest BCUT2D eigenvalue weighted by atomic mass is 10.1. The molecular weight excluding hydrogens is 306 g/mol. The Morgan fingerprint density at radius 1 is 1.04 bits per heavy atom. The van der Waals surface area contributed by atoms with Gasteiger partial charge in [-0.1, -0.05) is 30.3 Å². The van der Waals surface area contributed by atoms with Crippen LogP contribution in [0.2, 0.25) is 0 Å². The highest BCUT2D eigenvalue weighted by Crippen LogP contribution is 2.24. The Kier molecular flexibility index (Phi) is 4.79. The molecule has 0 saturated heterocycles. The third-order valence-electron chi connectivity index (χ3n) is 3.81. The maximum Gasteiger partial charge on any atom is 0.339 e. The number of benzene rings is 2. The van der Waals surface area contributed by atoms with Gasteiger partial charge in [0.1, 0.15) is 5.75 Å². The van der Waals surface area contributed by atoms with E-state index in [1.165, 1.54) is 0 Å². The van der Waals surface area contributed by atoms with Crippen molar-refractivity contribution >= 4 is 11.9 Å². The molecule has 1 fully saturated rings. The minimum atomic E-state index is -0.957. The van der Waals surface area contributed by atoms with Gasteiger partial charge < -0.3 is 14.8 Å². The van der Waals surface area contributed by atoms with Crippen LogP contribution in [0, 0.1) is 0 Å². The molecule has 2 aromatic rings. The van der Waals surface area contributed by atoms with Crippen molar-refractivity contribution in [2.75, 3.05) is 7.11 Å². The highest BCUT2D eigenvalue weighted by Gasteiger charge is 2.31. The number of carbonyl (C=O) groups is 2. The van der Waals surface area contributed by atoms with Gasteiger partial charge in [0.2, 0.25) is 6.10 Å². The number of carbonyl (C=O) groups excluding carboxylic acids is 2. The monoisotopic (exact) mass is 325 g/mol. The molecule has 0 unspecified atom stereocenters. The van der Waals surface area contributed by atoms with Gasteiger partial charge in [0.25, 0.3) is 5.91 Å². The summed E-state index contributed by atoms with van der Waals surface area (Å²) >= 11 is 0. The predicted molar refractivity (Wildman–Crippen MR) is 88.8 cm³/mol. The summed E-state index contributed by atoms with van der Waals surface area (Å²) in [5.74, 6) is -0.180. The van der Waals surface area contributed by atoms with Crippen LogP contribution in [-0.4, -0.2) is 25.0 Å². The fraction of sp³-hybridized carbons (Fsp3) is 0.263. The third-order valence-corrected chi connectivity index (χ3v) is 3.81. The van der Waals surface area contributed by atoms with Gasteiger partial charge >= 0.3 is 5.97 Å². The molecule has 2 aromatic carbocycles. The first-order valence-corrected chi connectivity index (χ1v) is 7.88. The number of hydrogen-bond donors (Lipinski definition) is 1. The van der Waals surface area contributed by atoms with Crippen molar-refractivity contribution < 1.29 is 19.1 Å². The quantitative estimate of drug-likeness (QED) is 0.830. The fourth-order valence-corrected chi connectivity index (χ4v) is 2.31. The van der Waals surface area contributed by atoms with Crippen molar-refractivity contribution in [2.24, 2.45) is 0 Å². The van der Waals surface area contributed by atoms with Crippen molar-refractivity contribution in [2.45, 2.75) is 25.0 Å². The highest BCUT2D eigenvalue weighted by atomic mass is 16.5. The Labute approximate surface area is 140 Å². The Balaban J connectivity index is 1.77. The summed E-state index contributed by atoms with van der Waals surface area (Å²) < 4.78 is 10.6. The minimum absolute atomic E-state index is 0.198. The van der Waals surface area contributed by atoms with Gasteiger partial charge in [0.15, 0.2) is 0 Å². The standard InChI is InChI=1S/C19H19NO4/c1-23-16-11-7-14(8-12-16)19(22)24-17(13-5-3-2-4-6-13)18(21)20-15-9-10-15/h2-8,11-12,15,17H,9-10H2,1H3,(H,20,21)/t17-/m1/s1. The Hall–Kier alpha value is -2.82. The molecule has 0 spiro atoms. The molecule has 0 bridgehead atoms. The van der Waals surface area contributed by atoms with Gasteiger partial charge in [0, 0.05) is 11.6 Å². The lowest BCUT2D eigenvalue weighted by Crippen LogP contribution is -2.33. The molecule has 1 saturated carbocycles. The molecule has 1 atom stereocenters. The first kappa shape index (κ1) is 16.1. The van der Waals surface area contributed by atoms with E-state index in [4.69, 9.17) is 9.47 Å². The molecule has 1 aliphatic carbocycles. The van der Waals surface area contributed by atoms with Crippen LogP contribution < -0.4 is 10.1 Å². The van der Waals surface area contributed by atoms with Crippen molar-refractivity contribution in [1.82, 2.24) is 5.32 Å². The van der Waals surface area contributed by atoms with Crippen LogP contribution in [0.4, 0.5) is 0 Å². The van der Waals surface area contributed by atoms with E-state index in [-0.39, 0.29) is 11.9 Å². The van der Waals surface area contributed by atoms with Gasteiger partial charge in [-0.25, -0.2) is 4.79 Å². The molecular formula is C19H19NO4. The van der Waals surface area contributed by atoms with E-state index < -0.39 is 12.1 Å². The number of nitrogens with one attached hydrogen (secondary N) is 1. The Morgan fingerprint density at radius 3 is 2.29 bits per heavy atom. The molecule has 0 radical (unpaired) electrons. The summed E-state index contributed by atoms with van der Waals surface area (Å²) in [5.41, 5.74) is 1.02. The van der Waals surface area contributed by atoms with Gasteiger partial charge in [-0.05, 0) is 37.1 Å². The average Bonchev–Trinajstić information content (AvgIpc) is 3.44. The molecule has 0 heterocycles. The molecule has 24 heavy (non-hydrogen) atoms. The number of amides is 1. The summed E-state index contributed by atoms with van der Waals surface area (Å²) in [6.07, 6.45) is 0.987. The van der Waals surface area contributed by atoms with Crippen LogP contribution in [0.25, 0.3) is 0 Å². The van der Waals surface area contributed by atoms with E-state index in [0.29, 0.717) is 16.9 Å². The van der Waals surface area contributed by atoms with E-state index in [0.717, 1.165) is 12.8 Å². The third kappa shape index (κ3) is 3.93. The SMILES string of the molecule is COc1ccc(C(=O)O[C@@H](C(=O)NC2CC2)c2ccccc2)cc1. The smallest absolute Gasteiger partial charge is 0.339 e. The van der Waals surface area contributed by atoms with Crippen LogP contribution >= 0.6 is 0 Å². The maximum absolute atomic E-state index is 12.5. The summed E-state index contributed by atoms with van der Waals surface area (Å²) in [5, 5.41) is 2.89. The molecule has 5 nitrogen and oxygen atoms in total. The lowest BCUT2D eigenvalue weighted by Gasteiger charge is -2.18. The molecule has 1 aliphatic rings. The zero-order chi connectivity index (χ0) is 16.9. The summed E-state index contributed by atoms with van der Waals surface area (Å²) in [4.78, 5) is 24.8. The zero-order valence-corrected chi connectivity index (χ0v) is 13.4. The average molecular weight is 325 g/mol. The molecule has 5 heteroatoms. The Morgan fingerprint density at radius 2 is 1.71 bits per heavy atom. The topological polar surface area (TPSA) is 64.6 Å². The van der Waals surface area contributed by atoms with Crippen molar-refractivity contribution in [3.63, 3.8) is 0 Å². The van der Waals surface area contributed by atoms with Gasteiger partial charge in [-0.3, -0.25) is 4.79 Å². The molecule has 3 rings (SSSR count). The number of esters is 1. The number of rotatable bonds is 6. The summed E-state index contributed by atoms with van der Waals surface area (Å²) in [6, 6.07) is 15.8. The molecule has 1 N–H and O–H groups in total. The second kappa shape index (κ2) is 7.17. The minimum Gasteiger partial charge on any atom is -0.497 e. The van der Waals surface area contributed by atoms with Crippen molar-refractivity contribution in [3.05, 3.63) is 65.7 Å². The molecule has 1 amide bonds. The van der Waals surface area contributed by atoms with Crippen LogP contribution in [-0.2, 0) is 9.53 Å². The first-order valence-electron chi connectivity index (χ1n) is 7.88. The lowest BCUT2D eigenvalue weighted by molar-refractivity contribution is -0.130. The largest absolute Gasteiger partial charge is 0.497 e. The van der Waals surface area contributed by atoms with Crippen molar-refractivity contribution in [3.8, 4) is 5.75 Å². The number of ether oxygens (including phenoxy) is 2. The molecule has 124 valence electrons.